The van der Waals surface area contributed by atoms with Gasteiger partial charge in [-0.1, -0.05) is 77.1 Å². The first-order valence-electron chi connectivity index (χ1n) is 10.4. The van der Waals surface area contributed by atoms with Crippen LogP contribution in [0.4, 0.5) is 0 Å². The second-order valence-electron chi connectivity index (χ2n) is 9.02. The van der Waals surface area contributed by atoms with Crippen molar-refractivity contribution < 1.29 is 21.9 Å². The van der Waals surface area contributed by atoms with E-state index in [9.17, 15) is 0 Å². The van der Waals surface area contributed by atoms with Crippen molar-refractivity contribution in [2.45, 2.75) is 60.4 Å². The number of para-hydroxylation sites is 1. The van der Waals surface area contributed by atoms with Crippen LogP contribution in [0.15, 0.2) is 54.6 Å². The minimum atomic E-state index is -0.170. The first kappa shape index (κ1) is 24.5. The molecule has 2 nitrogen and oxygen atoms in total. The molecule has 0 heterocycles. The highest BCUT2D eigenvalue weighted by atomic mass is 35.5. The molecular formula is C25H38ClNO. The summed E-state index contributed by atoms with van der Waals surface area (Å²) in [7, 11) is 0. The molecule has 156 valence electrons. The molecule has 0 atom stereocenters. The van der Waals surface area contributed by atoms with Gasteiger partial charge in [0.25, 0.3) is 0 Å². The van der Waals surface area contributed by atoms with E-state index in [0.29, 0.717) is 16.5 Å². The number of rotatable bonds is 9. The van der Waals surface area contributed by atoms with Gasteiger partial charge < -0.3 is 17.2 Å². The lowest BCUT2D eigenvalue weighted by molar-refractivity contribution is -1.12. The minimum Gasteiger partial charge on any atom is -1.00 e. The van der Waals surface area contributed by atoms with Gasteiger partial charge in [0.1, 0.15) is 13.1 Å². The summed E-state index contributed by atoms with van der Waals surface area (Å²) in [5.74, 6) is 2.00. The molecule has 2 aromatic carbocycles. The number of nitrogens with zero attached hydrogens (tertiary/aromatic N) is 1. The van der Waals surface area contributed by atoms with E-state index >= 15 is 0 Å². The van der Waals surface area contributed by atoms with Gasteiger partial charge in [-0.05, 0) is 38.0 Å². The first-order valence-corrected chi connectivity index (χ1v) is 10.4. The molecule has 0 spiro atoms. The maximum atomic E-state index is 6.88. The molecule has 0 aliphatic heterocycles. The van der Waals surface area contributed by atoms with Crippen molar-refractivity contribution in [3.05, 3.63) is 65.7 Å². The highest BCUT2D eigenvalue weighted by Crippen LogP contribution is 2.40. The van der Waals surface area contributed by atoms with E-state index in [2.05, 4.69) is 97.0 Å². The summed E-state index contributed by atoms with van der Waals surface area (Å²) in [6.07, 6.45) is 1.04. The number of hydrogen-bond acceptors (Lipinski definition) is 1. The van der Waals surface area contributed by atoms with E-state index in [-0.39, 0.29) is 17.9 Å². The summed E-state index contributed by atoms with van der Waals surface area (Å²) in [5.41, 5.74) is 2.63. The molecule has 2 rings (SSSR count). The Labute approximate surface area is 178 Å². The zero-order chi connectivity index (χ0) is 20.1. The summed E-state index contributed by atoms with van der Waals surface area (Å²) in [6.45, 7) is 18.1. The van der Waals surface area contributed by atoms with Crippen LogP contribution in [0.2, 0.25) is 0 Å². The molecule has 0 N–H and O–H groups in total. The quantitative estimate of drug-likeness (QED) is 0.459. The Kier molecular flexibility index (Phi) is 9.04. The summed E-state index contributed by atoms with van der Waals surface area (Å²) >= 11 is 0. The molecule has 0 unspecified atom stereocenters. The third-order valence-electron chi connectivity index (χ3n) is 5.42. The molecule has 0 saturated carbocycles. The number of aryl methyl sites for hydroxylation is 1. The maximum Gasteiger partial charge on any atom is 0.190 e. The third-order valence-corrected chi connectivity index (χ3v) is 5.42. The van der Waals surface area contributed by atoms with Crippen LogP contribution < -0.4 is 17.2 Å². The first-order chi connectivity index (χ1) is 12.7. The molecule has 3 heteroatoms. The molecule has 0 fully saturated rings. The van der Waals surface area contributed by atoms with E-state index in [1.165, 1.54) is 11.1 Å². The van der Waals surface area contributed by atoms with Crippen molar-refractivity contribution in [3.63, 3.8) is 0 Å². The number of quaternary nitrogens is 1. The van der Waals surface area contributed by atoms with Crippen molar-refractivity contribution in [1.29, 1.82) is 0 Å². The van der Waals surface area contributed by atoms with Gasteiger partial charge >= 0.3 is 0 Å². The van der Waals surface area contributed by atoms with Crippen LogP contribution in [0.5, 0.6) is 5.75 Å². The van der Waals surface area contributed by atoms with Gasteiger partial charge in [-0.15, -0.1) is 4.65 Å². The maximum absolute atomic E-state index is 6.88. The highest BCUT2D eigenvalue weighted by molar-refractivity contribution is 5.31. The number of hydroxylamine groups is 3. The lowest BCUT2D eigenvalue weighted by Gasteiger charge is -2.49. The van der Waals surface area contributed by atoms with Crippen LogP contribution in [-0.2, 0) is 12.0 Å². The van der Waals surface area contributed by atoms with E-state index in [0.717, 1.165) is 25.3 Å². The summed E-state index contributed by atoms with van der Waals surface area (Å²) in [6, 6.07) is 19.2. The van der Waals surface area contributed by atoms with Gasteiger partial charge in [0.15, 0.2) is 11.3 Å². The average Bonchev–Trinajstić information content (AvgIpc) is 2.61. The lowest BCUT2D eigenvalue weighted by atomic mass is 9.85. The monoisotopic (exact) mass is 403 g/mol. The van der Waals surface area contributed by atoms with Crippen molar-refractivity contribution in [2.75, 3.05) is 13.1 Å². The summed E-state index contributed by atoms with van der Waals surface area (Å²) < 4.78 is 0.601. The van der Waals surface area contributed by atoms with Gasteiger partial charge in [-0.25, -0.2) is 0 Å². The van der Waals surface area contributed by atoms with E-state index in [1.54, 1.807) is 0 Å². The number of hydrogen-bond donors (Lipinski definition) is 0. The molecule has 0 amide bonds. The molecule has 0 aromatic heterocycles. The molecule has 28 heavy (non-hydrogen) atoms. The van der Waals surface area contributed by atoms with Crippen molar-refractivity contribution in [2.24, 2.45) is 11.8 Å². The zero-order valence-corrected chi connectivity index (χ0v) is 19.5. The van der Waals surface area contributed by atoms with Crippen LogP contribution in [-0.4, -0.2) is 17.7 Å². The van der Waals surface area contributed by atoms with Gasteiger partial charge in [0.05, 0.1) is 0 Å². The smallest absolute Gasteiger partial charge is 0.190 e. The lowest BCUT2D eigenvalue weighted by Crippen LogP contribution is -3.00. The second-order valence-corrected chi connectivity index (χ2v) is 9.02. The van der Waals surface area contributed by atoms with Crippen LogP contribution in [0.3, 0.4) is 0 Å². The molecule has 0 bridgehead atoms. The summed E-state index contributed by atoms with van der Waals surface area (Å²) in [4.78, 5) is 6.88. The topological polar surface area (TPSA) is 9.23 Å². The van der Waals surface area contributed by atoms with Crippen LogP contribution >= 0.6 is 0 Å². The Balaban J connectivity index is 0.00000392. The fourth-order valence-corrected chi connectivity index (χ4v) is 4.23. The van der Waals surface area contributed by atoms with Gasteiger partial charge in [-0.2, -0.15) is 0 Å². The summed E-state index contributed by atoms with van der Waals surface area (Å²) in [5, 5.41) is 0. The van der Waals surface area contributed by atoms with Gasteiger partial charge in [0, 0.05) is 17.4 Å². The molecule has 0 aliphatic carbocycles. The van der Waals surface area contributed by atoms with Crippen molar-refractivity contribution >= 4 is 0 Å². The zero-order valence-electron chi connectivity index (χ0n) is 18.7. The van der Waals surface area contributed by atoms with Gasteiger partial charge in [0.2, 0.25) is 0 Å². The Morgan fingerprint density at radius 3 is 1.82 bits per heavy atom. The highest BCUT2D eigenvalue weighted by Gasteiger charge is 2.50. The molecule has 0 radical (unpaired) electrons. The molecule has 0 aliphatic rings. The Morgan fingerprint density at radius 2 is 1.32 bits per heavy atom. The van der Waals surface area contributed by atoms with E-state index < -0.39 is 0 Å². The Bertz CT molecular complexity index is 699. The second kappa shape index (κ2) is 10.3. The average molecular weight is 404 g/mol. The van der Waals surface area contributed by atoms with E-state index in [4.69, 9.17) is 4.84 Å². The normalized spacial score (nSPS) is 12.2. The number of halogens is 1. The fraction of sp³-hybridized carbons (Fsp3) is 0.520. The Morgan fingerprint density at radius 1 is 0.821 bits per heavy atom. The number of benzene rings is 2. The van der Waals surface area contributed by atoms with Crippen LogP contribution in [0, 0.1) is 11.8 Å². The van der Waals surface area contributed by atoms with Gasteiger partial charge in [-0.3, -0.25) is 0 Å². The standard InChI is InChI=1S/C25H38NO.ClH/c1-8-22-14-12-13-17-24(22)25(6,7)26(18-20(2)3,19-21(4)5)27-23-15-10-9-11-16-23;/h9-17,20-21H,8,18-19H2,1-7H3;1H/q+1;/p-1. The SMILES string of the molecule is CCc1ccccc1C(C)(C)[N+](CC(C)C)(CC(C)C)Oc1ccccc1.[Cl-]. The molecule has 0 saturated heterocycles. The van der Waals surface area contributed by atoms with Crippen molar-refractivity contribution in [3.8, 4) is 5.75 Å². The third kappa shape index (κ3) is 5.52. The largest absolute Gasteiger partial charge is 1.00 e. The van der Waals surface area contributed by atoms with Crippen LogP contribution in [0.25, 0.3) is 0 Å². The molecular weight excluding hydrogens is 366 g/mol. The molecule has 2 aromatic rings. The Hall–Kier alpha value is -1.51. The van der Waals surface area contributed by atoms with E-state index in [1.807, 2.05) is 6.07 Å². The minimum absolute atomic E-state index is 0. The predicted molar refractivity (Wildman–Crippen MR) is 116 cm³/mol. The predicted octanol–water partition coefficient (Wildman–Crippen LogP) is 3.61. The van der Waals surface area contributed by atoms with Crippen LogP contribution in [0.1, 0.15) is 59.6 Å². The van der Waals surface area contributed by atoms with Crippen molar-refractivity contribution in [1.82, 2.24) is 0 Å². The fourth-order valence-electron chi connectivity index (χ4n) is 4.23.